The molecule has 0 aliphatic heterocycles. The summed E-state index contributed by atoms with van der Waals surface area (Å²) in [7, 11) is 0. The number of benzene rings is 1. The van der Waals surface area contributed by atoms with Crippen LogP contribution in [0.15, 0.2) is 42.6 Å². The minimum absolute atomic E-state index is 0.309. The number of hydrogen-bond acceptors (Lipinski definition) is 5. The molecule has 0 radical (unpaired) electrons. The first-order valence-electron chi connectivity index (χ1n) is 8.47. The van der Waals surface area contributed by atoms with Gasteiger partial charge in [0.25, 0.3) is 0 Å². The zero-order valence-corrected chi connectivity index (χ0v) is 14.0. The Kier molecular flexibility index (Phi) is 5.21. The van der Waals surface area contributed by atoms with Gasteiger partial charge >= 0.3 is 0 Å². The molecule has 2 heterocycles. The van der Waals surface area contributed by atoms with Gasteiger partial charge in [-0.15, -0.1) is 0 Å². The molecule has 2 aromatic heterocycles. The van der Waals surface area contributed by atoms with Crippen LogP contribution in [0.1, 0.15) is 31.0 Å². The second-order valence-corrected chi connectivity index (χ2v) is 5.84. The van der Waals surface area contributed by atoms with Crippen LogP contribution in [-0.4, -0.2) is 21.5 Å². The molecule has 0 fully saturated rings. The van der Waals surface area contributed by atoms with Gasteiger partial charge in [-0.05, 0) is 43.0 Å². The maximum Gasteiger partial charge on any atom is 0.222 e. The van der Waals surface area contributed by atoms with E-state index in [9.17, 15) is 0 Å². The number of nitrogens with zero attached hydrogens (tertiary/aromatic N) is 3. The molecule has 24 heavy (non-hydrogen) atoms. The van der Waals surface area contributed by atoms with E-state index in [1.165, 1.54) is 5.56 Å². The molecule has 1 aromatic carbocycles. The van der Waals surface area contributed by atoms with E-state index >= 15 is 0 Å². The van der Waals surface area contributed by atoms with Crippen LogP contribution in [0.25, 0.3) is 10.9 Å². The number of hydrogen-bond donors (Lipinski definition) is 2. The zero-order chi connectivity index (χ0) is 16.8. The monoisotopic (exact) mass is 321 g/mol. The molecule has 0 aliphatic rings. The molecular formula is C19H23N5. The Balaban J connectivity index is 1.91. The molecule has 124 valence electrons. The molecule has 0 atom stereocenters. The molecule has 0 bridgehead atoms. The number of fused-ring (bicyclic) bond motifs is 1. The first-order valence-corrected chi connectivity index (χ1v) is 8.47. The third-order valence-corrected chi connectivity index (χ3v) is 4.03. The average Bonchev–Trinajstić information content (AvgIpc) is 2.60. The first kappa shape index (κ1) is 16.2. The van der Waals surface area contributed by atoms with Crippen molar-refractivity contribution >= 4 is 22.7 Å². The van der Waals surface area contributed by atoms with E-state index in [-0.39, 0.29) is 0 Å². The summed E-state index contributed by atoms with van der Waals surface area (Å²) in [6, 6.07) is 12.2. The Hall–Kier alpha value is -2.69. The number of aryl methyl sites for hydroxylation is 2. The third kappa shape index (κ3) is 3.79. The van der Waals surface area contributed by atoms with Gasteiger partial charge < -0.3 is 11.1 Å². The summed E-state index contributed by atoms with van der Waals surface area (Å²) >= 11 is 0. The molecule has 0 spiro atoms. The summed E-state index contributed by atoms with van der Waals surface area (Å²) in [6.45, 7) is 3.06. The number of anilines is 2. The number of nitrogens with two attached hydrogens (primary N) is 1. The Morgan fingerprint density at radius 2 is 1.96 bits per heavy atom. The van der Waals surface area contributed by atoms with Gasteiger partial charge in [-0.3, -0.25) is 4.98 Å². The van der Waals surface area contributed by atoms with Gasteiger partial charge in [-0.1, -0.05) is 31.5 Å². The van der Waals surface area contributed by atoms with E-state index in [0.29, 0.717) is 5.95 Å². The van der Waals surface area contributed by atoms with Gasteiger partial charge in [0, 0.05) is 23.8 Å². The van der Waals surface area contributed by atoms with Crippen LogP contribution >= 0.6 is 0 Å². The van der Waals surface area contributed by atoms with Crippen molar-refractivity contribution in [2.75, 3.05) is 17.6 Å². The molecule has 0 aliphatic carbocycles. The normalized spacial score (nSPS) is 10.9. The standard InChI is InChI=1S/C19H23N5/c1-2-3-12-22-18-17-14(10-11-15-8-4-5-13-21-15)7-6-9-16(17)23-19(20)24-18/h4-9,13H,2-3,10-12H2,1H3,(H3,20,22,23,24). The number of pyridine rings is 1. The highest BCUT2D eigenvalue weighted by atomic mass is 15.1. The lowest BCUT2D eigenvalue weighted by atomic mass is 10.0. The molecule has 0 saturated carbocycles. The third-order valence-electron chi connectivity index (χ3n) is 4.03. The fourth-order valence-corrected chi connectivity index (χ4v) is 2.80. The second-order valence-electron chi connectivity index (χ2n) is 5.84. The van der Waals surface area contributed by atoms with Crippen molar-refractivity contribution in [1.82, 2.24) is 15.0 Å². The Morgan fingerprint density at radius 3 is 2.75 bits per heavy atom. The SMILES string of the molecule is CCCCNc1nc(N)nc2cccc(CCc3ccccn3)c12. The fraction of sp³-hybridized carbons (Fsp3) is 0.316. The number of aromatic nitrogens is 3. The van der Waals surface area contributed by atoms with Crippen LogP contribution in [0.4, 0.5) is 11.8 Å². The quantitative estimate of drug-likeness (QED) is 0.650. The fourth-order valence-electron chi connectivity index (χ4n) is 2.80. The minimum Gasteiger partial charge on any atom is -0.369 e. The summed E-state index contributed by atoms with van der Waals surface area (Å²) in [5.41, 5.74) is 9.07. The highest BCUT2D eigenvalue weighted by Gasteiger charge is 2.11. The molecule has 0 saturated heterocycles. The molecule has 5 nitrogen and oxygen atoms in total. The highest BCUT2D eigenvalue weighted by molar-refractivity contribution is 5.93. The molecule has 3 N–H and O–H groups in total. The summed E-state index contributed by atoms with van der Waals surface area (Å²) in [5.74, 6) is 1.14. The van der Waals surface area contributed by atoms with Crippen molar-refractivity contribution in [3.8, 4) is 0 Å². The van der Waals surface area contributed by atoms with E-state index in [0.717, 1.165) is 54.6 Å². The largest absolute Gasteiger partial charge is 0.369 e. The Morgan fingerprint density at radius 1 is 1.04 bits per heavy atom. The van der Waals surface area contributed by atoms with Crippen LogP contribution in [-0.2, 0) is 12.8 Å². The van der Waals surface area contributed by atoms with Gasteiger partial charge in [0.15, 0.2) is 0 Å². The molecule has 3 rings (SSSR count). The summed E-state index contributed by atoms with van der Waals surface area (Å²) < 4.78 is 0. The van der Waals surface area contributed by atoms with Crippen LogP contribution in [0.3, 0.4) is 0 Å². The molecule has 5 heteroatoms. The van der Waals surface area contributed by atoms with Crippen molar-refractivity contribution in [3.63, 3.8) is 0 Å². The number of rotatable bonds is 7. The zero-order valence-electron chi connectivity index (χ0n) is 14.0. The van der Waals surface area contributed by atoms with Crippen molar-refractivity contribution in [2.45, 2.75) is 32.6 Å². The lowest BCUT2D eigenvalue weighted by Gasteiger charge is -2.13. The average molecular weight is 321 g/mol. The van der Waals surface area contributed by atoms with E-state index < -0.39 is 0 Å². The van der Waals surface area contributed by atoms with E-state index in [1.807, 2.05) is 30.5 Å². The minimum atomic E-state index is 0.309. The Labute approximate surface area is 142 Å². The molecule has 0 unspecified atom stereocenters. The lowest BCUT2D eigenvalue weighted by Crippen LogP contribution is -2.08. The molecule has 0 amide bonds. The number of nitrogen functional groups attached to an aromatic ring is 1. The molecular weight excluding hydrogens is 298 g/mol. The highest BCUT2D eigenvalue weighted by Crippen LogP contribution is 2.26. The summed E-state index contributed by atoms with van der Waals surface area (Å²) in [6.07, 6.45) is 5.85. The number of nitrogens with one attached hydrogen (secondary N) is 1. The van der Waals surface area contributed by atoms with E-state index in [4.69, 9.17) is 5.73 Å². The van der Waals surface area contributed by atoms with Gasteiger partial charge in [0.05, 0.1) is 5.52 Å². The summed E-state index contributed by atoms with van der Waals surface area (Å²) in [5, 5.41) is 4.49. The first-order chi connectivity index (χ1) is 11.8. The van der Waals surface area contributed by atoms with Crippen LogP contribution in [0.5, 0.6) is 0 Å². The molecule has 3 aromatic rings. The van der Waals surface area contributed by atoms with E-state index in [1.54, 1.807) is 0 Å². The van der Waals surface area contributed by atoms with E-state index in [2.05, 4.69) is 39.3 Å². The van der Waals surface area contributed by atoms with Crippen LogP contribution < -0.4 is 11.1 Å². The predicted octanol–water partition coefficient (Wildman–Crippen LogP) is 3.60. The second kappa shape index (κ2) is 7.73. The van der Waals surface area contributed by atoms with Crippen molar-refractivity contribution in [3.05, 3.63) is 53.9 Å². The number of unbranched alkanes of at least 4 members (excludes halogenated alkanes) is 1. The topological polar surface area (TPSA) is 76.7 Å². The van der Waals surface area contributed by atoms with Crippen LogP contribution in [0.2, 0.25) is 0 Å². The van der Waals surface area contributed by atoms with Crippen molar-refractivity contribution in [1.29, 1.82) is 0 Å². The maximum absolute atomic E-state index is 5.87. The van der Waals surface area contributed by atoms with Gasteiger partial charge in [0.1, 0.15) is 5.82 Å². The van der Waals surface area contributed by atoms with Gasteiger partial charge in [0.2, 0.25) is 5.95 Å². The van der Waals surface area contributed by atoms with Gasteiger partial charge in [-0.2, -0.15) is 4.98 Å². The van der Waals surface area contributed by atoms with Gasteiger partial charge in [-0.25, -0.2) is 4.98 Å². The maximum atomic E-state index is 5.87. The Bertz CT molecular complexity index is 801. The smallest absolute Gasteiger partial charge is 0.222 e. The van der Waals surface area contributed by atoms with Crippen LogP contribution in [0, 0.1) is 0 Å². The summed E-state index contributed by atoms with van der Waals surface area (Å²) in [4.78, 5) is 13.2. The van der Waals surface area contributed by atoms with Crippen molar-refractivity contribution in [2.24, 2.45) is 0 Å². The predicted molar refractivity (Wildman–Crippen MR) is 99.0 cm³/mol. The lowest BCUT2D eigenvalue weighted by molar-refractivity contribution is 0.831. The van der Waals surface area contributed by atoms with Crippen molar-refractivity contribution < 1.29 is 0 Å².